The van der Waals surface area contributed by atoms with Crippen molar-refractivity contribution < 1.29 is 4.74 Å². The van der Waals surface area contributed by atoms with Crippen LogP contribution in [0.3, 0.4) is 0 Å². The lowest BCUT2D eigenvalue weighted by Gasteiger charge is -2.34. The molecule has 140 valence electrons. The molecule has 6 nitrogen and oxygen atoms in total. The highest BCUT2D eigenvalue weighted by molar-refractivity contribution is 5.80. The van der Waals surface area contributed by atoms with Gasteiger partial charge in [0.1, 0.15) is 12.4 Å². The van der Waals surface area contributed by atoms with Crippen LogP contribution in [0.15, 0.2) is 65.6 Å². The van der Waals surface area contributed by atoms with Crippen molar-refractivity contribution in [2.75, 3.05) is 39.3 Å². The van der Waals surface area contributed by atoms with Gasteiger partial charge in [0.25, 0.3) is 5.56 Å². The average molecular weight is 364 g/mol. The van der Waals surface area contributed by atoms with E-state index in [2.05, 4.69) is 14.9 Å². The Kier molecular flexibility index (Phi) is 5.46. The van der Waals surface area contributed by atoms with Gasteiger partial charge in [0, 0.05) is 38.1 Å². The number of fused-ring (bicyclic) bond motifs is 1. The predicted octanol–water partition coefficient (Wildman–Crippen LogP) is 2.05. The molecular formula is C21H24N4O2. The molecule has 0 radical (unpaired) electrons. The number of ether oxygens (including phenoxy) is 1. The molecule has 0 saturated carbocycles. The number of para-hydroxylation sites is 1. The molecule has 0 unspecified atom stereocenters. The first-order valence-electron chi connectivity index (χ1n) is 9.37. The number of hydrogen-bond acceptors (Lipinski definition) is 5. The lowest BCUT2D eigenvalue weighted by molar-refractivity contribution is 0.0913. The maximum atomic E-state index is 12.6. The van der Waals surface area contributed by atoms with Gasteiger partial charge in [-0.25, -0.2) is 4.68 Å². The van der Waals surface area contributed by atoms with Gasteiger partial charge < -0.3 is 4.74 Å². The summed E-state index contributed by atoms with van der Waals surface area (Å²) >= 11 is 0. The maximum Gasteiger partial charge on any atom is 0.275 e. The van der Waals surface area contributed by atoms with Crippen molar-refractivity contribution in [1.29, 1.82) is 0 Å². The molecule has 1 aromatic heterocycles. The summed E-state index contributed by atoms with van der Waals surface area (Å²) in [5, 5.41) is 5.95. The minimum atomic E-state index is -0.0215. The number of aromatic nitrogens is 2. The van der Waals surface area contributed by atoms with Crippen LogP contribution in [-0.4, -0.2) is 58.9 Å². The quantitative estimate of drug-likeness (QED) is 0.670. The molecule has 0 spiro atoms. The molecule has 4 rings (SSSR count). The van der Waals surface area contributed by atoms with Gasteiger partial charge in [-0.1, -0.05) is 36.4 Å². The standard InChI is InChI=1S/C21H24N4O2/c26-21-20-9-5-4-6-18(20)16-22-25(21)17-24-12-10-23(11-13-24)14-15-27-19-7-2-1-3-8-19/h1-9,16H,10-15,17H2. The molecule has 0 bridgehead atoms. The van der Waals surface area contributed by atoms with E-state index in [1.165, 1.54) is 0 Å². The molecule has 0 amide bonds. The van der Waals surface area contributed by atoms with Crippen molar-refractivity contribution in [3.8, 4) is 5.75 Å². The van der Waals surface area contributed by atoms with E-state index in [9.17, 15) is 4.79 Å². The van der Waals surface area contributed by atoms with Crippen LogP contribution >= 0.6 is 0 Å². The summed E-state index contributed by atoms with van der Waals surface area (Å²) in [7, 11) is 0. The molecule has 6 heteroatoms. The molecule has 0 N–H and O–H groups in total. The Hall–Kier alpha value is -2.70. The van der Waals surface area contributed by atoms with Crippen molar-refractivity contribution in [3.63, 3.8) is 0 Å². The Balaban J connectivity index is 1.27. The molecule has 2 aromatic carbocycles. The van der Waals surface area contributed by atoms with Crippen LogP contribution in [0.2, 0.25) is 0 Å². The van der Waals surface area contributed by atoms with E-state index < -0.39 is 0 Å². The summed E-state index contributed by atoms with van der Waals surface area (Å²) in [4.78, 5) is 17.3. The molecule has 0 aliphatic carbocycles. The second kappa shape index (κ2) is 8.33. The predicted molar refractivity (Wildman–Crippen MR) is 106 cm³/mol. The van der Waals surface area contributed by atoms with Gasteiger partial charge >= 0.3 is 0 Å². The van der Waals surface area contributed by atoms with Gasteiger partial charge in [0.15, 0.2) is 0 Å². The van der Waals surface area contributed by atoms with Gasteiger partial charge in [-0.2, -0.15) is 5.10 Å². The van der Waals surface area contributed by atoms with Gasteiger partial charge in [-0.3, -0.25) is 14.6 Å². The van der Waals surface area contributed by atoms with Crippen LogP contribution in [0.5, 0.6) is 5.75 Å². The Bertz CT molecular complexity index is 934. The molecule has 1 fully saturated rings. The van der Waals surface area contributed by atoms with Crippen molar-refractivity contribution in [1.82, 2.24) is 19.6 Å². The highest BCUT2D eigenvalue weighted by Crippen LogP contribution is 2.09. The van der Waals surface area contributed by atoms with Gasteiger partial charge in [0.05, 0.1) is 18.3 Å². The van der Waals surface area contributed by atoms with E-state index in [4.69, 9.17) is 4.74 Å². The third-order valence-corrected chi connectivity index (χ3v) is 4.98. The second-order valence-corrected chi connectivity index (χ2v) is 6.80. The first-order valence-corrected chi connectivity index (χ1v) is 9.37. The minimum absolute atomic E-state index is 0.0215. The van der Waals surface area contributed by atoms with Gasteiger partial charge in [-0.15, -0.1) is 0 Å². The van der Waals surface area contributed by atoms with E-state index in [1.54, 1.807) is 10.9 Å². The maximum absolute atomic E-state index is 12.6. The van der Waals surface area contributed by atoms with Crippen molar-refractivity contribution >= 4 is 10.8 Å². The van der Waals surface area contributed by atoms with E-state index in [0.29, 0.717) is 13.3 Å². The monoisotopic (exact) mass is 364 g/mol. The molecule has 1 aliphatic rings. The second-order valence-electron chi connectivity index (χ2n) is 6.80. The fourth-order valence-corrected chi connectivity index (χ4v) is 3.38. The van der Waals surface area contributed by atoms with Crippen LogP contribution in [0.25, 0.3) is 10.8 Å². The largest absolute Gasteiger partial charge is 0.492 e. The van der Waals surface area contributed by atoms with Crippen molar-refractivity contribution in [3.05, 3.63) is 71.1 Å². The lowest BCUT2D eigenvalue weighted by atomic mass is 10.2. The normalized spacial score (nSPS) is 15.9. The van der Waals surface area contributed by atoms with E-state index in [-0.39, 0.29) is 5.56 Å². The highest BCUT2D eigenvalue weighted by Gasteiger charge is 2.17. The Morgan fingerprint density at radius 1 is 0.889 bits per heavy atom. The van der Waals surface area contributed by atoms with Crippen LogP contribution in [0.4, 0.5) is 0 Å². The Labute approximate surface area is 158 Å². The molecule has 3 aromatic rings. The zero-order valence-electron chi connectivity index (χ0n) is 15.3. The summed E-state index contributed by atoms with van der Waals surface area (Å²) < 4.78 is 7.34. The third kappa shape index (κ3) is 4.35. The van der Waals surface area contributed by atoms with Crippen molar-refractivity contribution in [2.45, 2.75) is 6.67 Å². The van der Waals surface area contributed by atoms with Crippen LogP contribution in [-0.2, 0) is 6.67 Å². The zero-order valence-corrected chi connectivity index (χ0v) is 15.3. The van der Waals surface area contributed by atoms with Crippen LogP contribution < -0.4 is 10.3 Å². The Morgan fingerprint density at radius 2 is 1.59 bits per heavy atom. The number of benzene rings is 2. The van der Waals surface area contributed by atoms with E-state index in [1.807, 2.05) is 54.6 Å². The zero-order chi connectivity index (χ0) is 18.5. The molecule has 1 saturated heterocycles. The lowest BCUT2D eigenvalue weighted by Crippen LogP contribution is -2.48. The smallest absolute Gasteiger partial charge is 0.275 e. The van der Waals surface area contributed by atoms with Crippen molar-refractivity contribution in [2.24, 2.45) is 0 Å². The van der Waals surface area contributed by atoms with Gasteiger partial charge in [-0.05, 0) is 18.2 Å². The minimum Gasteiger partial charge on any atom is -0.492 e. The number of rotatable bonds is 6. The highest BCUT2D eigenvalue weighted by atomic mass is 16.5. The molecule has 0 atom stereocenters. The first kappa shape index (κ1) is 17.7. The number of nitrogens with zero attached hydrogens (tertiary/aromatic N) is 4. The van der Waals surface area contributed by atoms with Crippen LogP contribution in [0.1, 0.15) is 0 Å². The SMILES string of the molecule is O=c1c2ccccc2cnn1CN1CCN(CCOc2ccccc2)CC1. The summed E-state index contributed by atoms with van der Waals surface area (Å²) in [6.07, 6.45) is 1.77. The summed E-state index contributed by atoms with van der Waals surface area (Å²) in [5.74, 6) is 0.915. The van der Waals surface area contributed by atoms with E-state index >= 15 is 0 Å². The topological polar surface area (TPSA) is 50.6 Å². The first-order chi connectivity index (χ1) is 13.3. The molecular weight excluding hydrogens is 340 g/mol. The molecule has 1 aliphatic heterocycles. The summed E-state index contributed by atoms with van der Waals surface area (Å²) in [5.41, 5.74) is -0.0215. The summed E-state index contributed by atoms with van der Waals surface area (Å²) in [6.45, 7) is 5.93. The van der Waals surface area contributed by atoms with Gasteiger partial charge in [0.2, 0.25) is 0 Å². The average Bonchev–Trinajstić information content (AvgIpc) is 2.72. The number of piperazine rings is 1. The fraction of sp³-hybridized carbons (Fsp3) is 0.333. The van der Waals surface area contributed by atoms with Crippen LogP contribution in [0, 0.1) is 0 Å². The summed E-state index contributed by atoms with van der Waals surface area (Å²) in [6, 6.07) is 17.5. The Morgan fingerprint density at radius 3 is 2.41 bits per heavy atom. The molecule has 2 heterocycles. The fourth-order valence-electron chi connectivity index (χ4n) is 3.38. The van der Waals surface area contributed by atoms with E-state index in [0.717, 1.165) is 49.2 Å². The molecule has 27 heavy (non-hydrogen) atoms. The third-order valence-electron chi connectivity index (χ3n) is 4.98. The number of hydrogen-bond donors (Lipinski definition) is 0.